The van der Waals surface area contributed by atoms with E-state index in [1.807, 2.05) is 32.0 Å². The van der Waals surface area contributed by atoms with Gasteiger partial charge in [-0.25, -0.2) is 4.90 Å². The van der Waals surface area contributed by atoms with Crippen LogP contribution in [-0.4, -0.2) is 27.4 Å². The number of carbonyl (C=O) groups excluding carboxylic acids is 3. The smallest absolute Gasteiger partial charge is 0.257 e. The summed E-state index contributed by atoms with van der Waals surface area (Å²) in [5.41, 5.74) is 3.47. The van der Waals surface area contributed by atoms with E-state index in [4.69, 9.17) is 0 Å². The number of hydrogen-bond acceptors (Lipinski definition) is 3. The molecule has 2 saturated carbocycles. The highest BCUT2D eigenvalue weighted by molar-refractivity contribution is 9.12. The molecule has 3 amide bonds. The van der Waals surface area contributed by atoms with Gasteiger partial charge in [-0.1, -0.05) is 50.1 Å². The molecule has 160 valence electrons. The molecule has 1 saturated heterocycles. The summed E-state index contributed by atoms with van der Waals surface area (Å²) in [6, 6.07) is 12.7. The Hall–Kier alpha value is -1.99. The van der Waals surface area contributed by atoms with Crippen molar-refractivity contribution in [3.05, 3.63) is 59.2 Å². The molecule has 2 aliphatic carbocycles. The number of para-hydroxylation sites is 1. The van der Waals surface area contributed by atoms with E-state index in [2.05, 4.69) is 37.2 Å². The van der Waals surface area contributed by atoms with Gasteiger partial charge in [0.25, 0.3) is 5.91 Å². The summed E-state index contributed by atoms with van der Waals surface area (Å²) >= 11 is 7.43. The quantitative estimate of drug-likeness (QED) is 0.443. The van der Waals surface area contributed by atoms with Crippen molar-refractivity contribution in [2.45, 2.75) is 29.9 Å². The van der Waals surface area contributed by atoms with Gasteiger partial charge >= 0.3 is 0 Å². The molecule has 3 fully saturated rings. The minimum absolute atomic E-state index is 0.136. The number of halogens is 2. The summed E-state index contributed by atoms with van der Waals surface area (Å²) in [6.07, 6.45) is 0.876. The molecule has 7 heteroatoms. The Bertz CT molecular complexity index is 1070. The number of carbonyl (C=O) groups is 3. The summed E-state index contributed by atoms with van der Waals surface area (Å²) in [6.45, 7) is 3.94. The highest BCUT2D eigenvalue weighted by Gasteiger charge is 2.66. The van der Waals surface area contributed by atoms with Crippen LogP contribution in [0.4, 0.5) is 11.4 Å². The first-order chi connectivity index (χ1) is 14.8. The van der Waals surface area contributed by atoms with Crippen LogP contribution in [-0.2, 0) is 9.59 Å². The molecule has 0 unspecified atom stereocenters. The standard InChI is InChI=1S/C24H22Br2N2O3/c1-11-7-12(2)9-13(8-11)27-22(29)14-5-3-4-6-17(14)28-23(30)18-15-10-16(19(18)24(28)31)21(26)20(15)25/h3-9,15-16,18-21H,10H2,1-2H3,(H,27,29)/t15-,16-,18-,19-,20-,21+/m1/s1. The molecular weight excluding hydrogens is 524 g/mol. The van der Waals surface area contributed by atoms with E-state index >= 15 is 0 Å². The van der Waals surface area contributed by atoms with Crippen LogP contribution in [0.5, 0.6) is 0 Å². The second-order valence-electron chi connectivity index (χ2n) is 8.86. The van der Waals surface area contributed by atoms with Crippen molar-refractivity contribution < 1.29 is 14.4 Å². The lowest BCUT2D eigenvalue weighted by Crippen LogP contribution is -2.37. The summed E-state index contributed by atoms with van der Waals surface area (Å²) in [7, 11) is 0. The molecule has 3 aliphatic rings. The molecule has 0 spiro atoms. The van der Waals surface area contributed by atoms with Gasteiger partial charge in [0.2, 0.25) is 11.8 Å². The Balaban J connectivity index is 1.48. The number of anilines is 2. The lowest BCUT2D eigenvalue weighted by atomic mass is 9.81. The molecule has 5 rings (SSSR count). The zero-order valence-corrected chi connectivity index (χ0v) is 20.3. The number of nitrogens with zero attached hydrogens (tertiary/aromatic N) is 1. The van der Waals surface area contributed by atoms with Gasteiger partial charge in [0.15, 0.2) is 0 Å². The molecule has 1 N–H and O–H groups in total. The molecule has 2 bridgehead atoms. The average Bonchev–Trinajstić information content (AvgIpc) is 3.32. The highest BCUT2D eigenvalue weighted by atomic mass is 79.9. The van der Waals surface area contributed by atoms with Gasteiger partial charge in [-0.3, -0.25) is 14.4 Å². The summed E-state index contributed by atoms with van der Waals surface area (Å²) in [4.78, 5) is 41.6. The second-order valence-corrected chi connectivity index (χ2v) is 11.0. The third-order valence-electron chi connectivity index (χ3n) is 6.86. The number of benzene rings is 2. The third kappa shape index (κ3) is 3.20. The van der Waals surface area contributed by atoms with Crippen molar-refractivity contribution in [1.82, 2.24) is 0 Å². The van der Waals surface area contributed by atoms with Crippen molar-refractivity contribution in [3.63, 3.8) is 0 Å². The normalized spacial score (nSPS) is 31.3. The van der Waals surface area contributed by atoms with Crippen LogP contribution in [0.1, 0.15) is 27.9 Å². The van der Waals surface area contributed by atoms with Gasteiger partial charge in [-0.05, 0) is 67.5 Å². The average molecular weight is 546 g/mol. The van der Waals surface area contributed by atoms with Crippen molar-refractivity contribution in [2.75, 3.05) is 10.2 Å². The van der Waals surface area contributed by atoms with Crippen LogP contribution in [0.3, 0.4) is 0 Å². The lowest BCUT2D eigenvalue weighted by Gasteiger charge is -2.28. The van der Waals surface area contributed by atoms with Crippen molar-refractivity contribution >= 4 is 61.0 Å². The summed E-state index contributed by atoms with van der Waals surface area (Å²) < 4.78 is 0. The first-order valence-corrected chi connectivity index (χ1v) is 12.3. The summed E-state index contributed by atoms with van der Waals surface area (Å²) in [5, 5.41) is 2.92. The number of amides is 3. The van der Waals surface area contributed by atoms with Gasteiger partial charge in [0, 0.05) is 15.3 Å². The second kappa shape index (κ2) is 7.55. The van der Waals surface area contributed by atoms with Crippen molar-refractivity contribution in [2.24, 2.45) is 23.7 Å². The number of nitrogens with one attached hydrogen (secondary N) is 1. The number of imide groups is 1. The highest BCUT2D eigenvalue weighted by Crippen LogP contribution is 2.60. The molecule has 2 aromatic carbocycles. The van der Waals surface area contributed by atoms with Crippen LogP contribution >= 0.6 is 31.9 Å². The van der Waals surface area contributed by atoms with E-state index in [1.165, 1.54) is 4.90 Å². The maximum atomic E-state index is 13.4. The van der Waals surface area contributed by atoms with Crippen LogP contribution in [0.25, 0.3) is 0 Å². The fourth-order valence-electron chi connectivity index (χ4n) is 5.69. The first kappa shape index (κ1) is 20.9. The van der Waals surface area contributed by atoms with Gasteiger partial charge in [-0.2, -0.15) is 0 Å². The van der Waals surface area contributed by atoms with E-state index in [-0.39, 0.29) is 51.0 Å². The monoisotopic (exact) mass is 544 g/mol. The number of hydrogen-bond donors (Lipinski definition) is 1. The molecule has 0 radical (unpaired) electrons. The topological polar surface area (TPSA) is 66.5 Å². The molecule has 1 aliphatic heterocycles. The lowest BCUT2D eigenvalue weighted by molar-refractivity contribution is -0.123. The van der Waals surface area contributed by atoms with Crippen molar-refractivity contribution in [1.29, 1.82) is 0 Å². The largest absolute Gasteiger partial charge is 0.322 e. The van der Waals surface area contributed by atoms with E-state index in [0.29, 0.717) is 16.9 Å². The summed E-state index contributed by atoms with van der Waals surface area (Å²) in [5.74, 6) is -1.06. The number of alkyl halides is 2. The van der Waals surface area contributed by atoms with E-state index < -0.39 is 0 Å². The molecular formula is C24H22Br2N2O3. The Kier molecular flexibility index (Phi) is 5.09. The Labute approximate surface area is 197 Å². The minimum Gasteiger partial charge on any atom is -0.322 e. The van der Waals surface area contributed by atoms with Crippen LogP contribution in [0.2, 0.25) is 0 Å². The predicted octanol–water partition coefficient (Wildman–Crippen LogP) is 4.84. The number of aryl methyl sites for hydroxylation is 2. The molecule has 2 aromatic rings. The van der Waals surface area contributed by atoms with Crippen molar-refractivity contribution in [3.8, 4) is 0 Å². The van der Waals surface area contributed by atoms with Gasteiger partial charge in [-0.15, -0.1) is 0 Å². The van der Waals surface area contributed by atoms with Crippen LogP contribution in [0.15, 0.2) is 42.5 Å². The molecule has 5 nitrogen and oxygen atoms in total. The fraction of sp³-hybridized carbons (Fsp3) is 0.375. The van der Waals surface area contributed by atoms with Gasteiger partial charge in [0.1, 0.15) is 0 Å². The fourth-order valence-corrected chi connectivity index (χ4v) is 7.57. The Morgan fingerprint density at radius 1 is 0.935 bits per heavy atom. The van der Waals surface area contributed by atoms with E-state index in [9.17, 15) is 14.4 Å². The maximum absolute atomic E-state index is 13.4. The zero-order valence-electron chi connectivity index (χ0n) is 17.1. The molecule has 6 atom stereocenters. The first-order valence-electron chi connectivity index (χ1n) is 10.4. The van der Waals surface area contributed by atoms with E-state index in [0.717, 1.165) is 17.5 Å². The van der Waals surface area contributed by atoms with Gasteiger partial charge in [0.05, 0.1) is 23.1 Å². The van der Waals surface area contributed by atoms with E-state index in [1.54, 1.807) is 24.3 Å². The molecule has 0 aromatic heterocycles. The SMILES string of the molecule is Cc1cc(C)cc(NC(=O)c2ccccc2N2C(=O)[C@@H]3[C@H]4C[C@@H]([C@@H](Br)[C@H]4Br)[C@H]3C2=O)c1. The Morgan fingerprint density at radius 3 is 2.06 bits per heavy atom. The Morgan fingerprint density at radius 2 is 1.48 bits per heavy atom. The van der Waals surface area contributed by atoms with Crippen LogP contribution < -0.4 is 10.2 Å². The molecule has 31 heavy (non-hydrogen) atoms. The number of rotatable bonds is 3. The van der Waals surface area contributed by atoms with Crippen LogP contribution in [0, 0.1) is 37.5 Å². The molecule has 1 heterocycles. The maximum Gasteiger partial charge on any atom is 0.257 e. The third-order valence-corrected chi connectivity index (χ3v) is 10.1. The predicted molar refractivity (Wildman–Crippen MR) is 127 cm³/mol. The number of fused-ring (bicyclic) bond motifs is 5. The minimum atomic E-state index is -0.335. The van der Waals surface area contributed by atoms with Gasteiger partial charge < -0.3 is 5.32 Å². The zero-order chi connectivity index (χ0) is 22.0.